The zero-order valence-corrected chi connectivity index (χ0v) is 21.4. The fourth-order valence-electron chi connectivity index (χ4n) is 5.31. The molecule has 1 saturated carbocycles. The van der Waals surface area contributed by atoms with Crippen molar-refractivity contribution in [3.05, 3.63) is 65.2 Å². The predicted octanol–water partition coefficient (Wildman–Crippen LogP) is 6.20. The van der Waals surface area contributed by atoms with Crippen LogP contribution in [0.4, 0.5) is 0 Å². The van der Waals surface area contributed by atoms with Crippen LogP contribution in [0.15, 0.2) is 48.5 Å². The molecule has 0 aromatic heterocycles. The van der Waals surface area contributed by atoms with Crippen molar-refractivity contribution in [2.45, 2.75) is 90.3 Å². The number of nitrogens with zero attached hydrogens (tertiary/aromatic N) is 2. The molecule has 1 heterocycles. The molecule has 2 aromatic rings. The number of ether oxygens (including phenoxy) is 1. The maximum atomic E-state index is 13.9. The SMILES string of the molecule is CCCCCCOc1ccc([C@@H]2C(=O)N(C3CCCCC3)CC(=O)N2Cc2ccc(C)cc2)cc1. The molecule has 0 radical (unpaired) electrons. The summed E-state index contributed by atoms with van der Waals surface area (Å²) in [5.41, 5.74) is 3.08. The summed E-state index contributed by atoms with van der Waals surface area (Å²) in [6.07, 6.45) is 10.1. The number of rotatable bonds is 10. The van der Waals surface area contributed by atoms with Gasteiger partial charge in [0.1, 0.15) is 18.3 Å². The van der Waals surface area contributed by atoms with Crippen molar-refractivity contribution in [2.24, 2.45) is 0 Å². The van der Waals surface area contributed by atoms with E-state index in [-0.39, 0.29) is 24.4 Å². The minimum absolute atomic E-state index is 0.0250. The number of carbonyl (C=O) groups excluding carboxylic acids is 2. The fraction of sp³-hybridized carbons (Fsp3) is 0.533. The average Bonchev–Trinajstić information content (AvgIpc) is 2.88. The number of hydrogen-bond donors (Lipinski definition) is 0. The van der Waals surface area contributed by atoms with E-state index in [1.165, 1.54) is 31.2 Å². The van der Waals surface area contributed by atoms with Gasteiger partial charge in [-0.1, -0.05) is 87.4 Å². The lowest BCUT2D eigenvalue weighted by Crippen LogP contribution is -2.58. The number of carbonyl (C=O) groups is 2. The molecule has 1 atom stereocenters. The van der Waals surface area contributed by atoms with Crippen LogP contribution in [0.3, 0.4) is 0 Å². The number of hydrogen-bond acceptors (Lipinski definition) is 3. The topological polar surface area (TPSA) is 49.9 Å². The molecule has 2 amide bonds. The van der Waals surface area contributed by atoms with Crippen molar-refractivity contribution in [3.63, 3.8) is 0 Å². The smallest absolute Gasteiger partial charge is 0.250 e. The van der Waals surface area contributed by atoms with Crippen molar-refractivity contribution in [3.8, 4) is 5.75 Å². The Morgan fingerprint density at radius 1 is 0.886 bits per heavy atom. The van der Waals surface area contributed by atoms with Crippen LogP contribution in [0, 0.1) is 6.92 Å². The highest BCUT2D eigenvalue weighted by Gasteiger charge is 2.42. The zero-order chi connectivity index (χ0) is 24.6. The van der Waals surface area contributed by atoms with Crippen molar-refractivity contribution < 1.29 is 14.3 Å². The molecule has 0 bridgehead atoms. The Morgan fingerprint density at radius 3 is 2.29 bits per heavy atom. The van der Waals surface area contributed by atoms with Gasteiger partial charge in [0.25, 0.3) is 5.91 Å². The first-order valence-electron chi connectivity index (χ1n) is 13.4. The molecule has 35 heavy (non-hydrogen) atoms. The van der Waals surface area contributed by atoms with E-state index in [0.717, 1.165) is 49.0 Å². The Labute approximate surface area is 210 Å². The minimum Gasteiger partial charge on any atom is -0.494 e. The lowest BCUT2D eigenvalue weighted by Gasteiger charge is -2.44. The molecule has 1 aliphatic carbocycles. The third-order valence-electron chi connectivity index (χ3n) is 7.41. The molecule has 5 nitrogen and oxygen atoms in total. The van der Waals surface area contributed by atoms with Gasteiger partial charge in [0.05, 0.1) is 6.61 Å². The first-order valence-corrected chi connectivity index (χ1v) is 13.4. The van der Waals surface area contributed by atoms with Crippen LogP contribution in [0.25, 0.3) is 0 Å². The van der Waals surface area contributed by atoms with E-state index in [4.69, 9.17) is 4.74 Å². The highest BCUT2D eigenvalue weighted by Crippen LogP contribution is 2.34. The Morgan fingerprint density at radius 2 is 1.60 bits per heavy atom. The summed E-state index contributed by atoms with van der Waals surface area (Å²) in [5, 5.41) is 0. The Hall–Kier alpha value is -2.82. The lowest BCUT2D eigenvalue weighted by molar-refractivity contribution is -0.160. The Kier molecular flexibility index (Phi) is 8.84. The predicted molar refractivity (Wildman–Crippen MR) is 139 cm³/mol. The van der Waals surface area contributed by atoms with Gasteiger partial charge in [-0.25, -0.2) is 0 Å². The van der Waals surface area contributed by atoms with Crippen LogP contribution in [-0.4, -0.2) is 40.8 Å². The zero-order valence-electron chi connectivity index (χ0n) is 21.4. The van der Waals surface area contributed by atoms with Crippen LogP contribution in [-0.2, 0) is 16.1 Å². The van der Waals surface area contributed by atoms with Gasteiger partial charge in [-0.15, -0.1) is 0 Å². The largest absolute Gasteiger partial charge is 0.494 e. The molecule has 2 aliphatic rings. The highest BCUT2D eigenvalue weighted by molar-refractivity contribution is 5.95. The van der Waals surface area contributed by atoms with Crippen LogP contribution in [0.5, 0.6) is 5.75 Å². The van der Waals surface area contributed by atoms with Gasteiger partial charge in [0, 0.05) is 12.6 Å². The van der Waals surface area contributed by atoms with Crippen LogP contribution < -0.4 is 4.74 Å². The summed E-state index contributed by atoms with van der Waals surface area (Å²) in [5.74, 6) is 0.892. The minimum atomic E-state index is -0.599. The molecule has 1 aliphatic heterocycles. The second kappa shape index (κ2) is 12.2. The van der Waals surface area contributed by atoms with Gasteiger partial charge >= 0.3 is 0 Å². The number of aryl methyl sites for hydroxylation is 1. The monoisotopic (exact) mass is 476 g/mol. The molecule has 2 fully saturated rings. The third kappa shape index (κ3) is 6.45. The molecule has 2 aromatic carbocycles. The van der Waals surface area contributed by atoms with E-state index in [1.54, 1.807) is 4.90 Å². The molecule has 1 saturated heterocycles. The molecular formula is C30H40N2O3. The van der Waals surface area contributed by atoms with Crippen LogP contribution >= 0.6 is 0 Å². The van der Waals surface area contributed by atoms with E-state index in [2.05, 4.69) is 26.0 Å². The second-order valence-electron chi connectivity index (χ2n) is 10.1. The van der Waals surface area contributed by atoms with E-state index < -0.39 is 6.04 Å². The number of piperazine rings is 1. The van der Waals surface area contributed by atoms with Gasteiger partial charge in [0.2, 0.25) is 5.91 Å². The Balaban J connectivity index is 1.54. The summed E-state index contributed by atoms with van der Waals surface area (Å²) in [7, 11) is 0. The van der Waals surface area contributed by atoms with Gasteiger partial charge in [-0.3, -0.25) is 9.59 Å². The van der Waals surface area contributed by atoms with E-state index in [0.29, 0.717) is 13.2 Å². The quantitative estimate of drug-likeness (QED) is 0.384. The Bertz CT molecular complexity index is 964. The molecule has 4 rings (SSSR count). The van der Waals surface area contributed by atoms with Crippen molar-refractivity contribution >= 4 is 11.8 Å². The maximum absolute atomic E-state index is 13.9. The fourth-order valence-corrected chi connectivity index (χ4v) is 5.31. The molecule has 0 unspecified atom stereocenters. The first-order chi connectivity index (χ1) is 17.1. The summed E-state index contributed by atoms with van der Waals surface area (Å²) in [6, 6.07) is 15.6. The summed E-state index contributed by atoms with van der Waals surface area (Å²) >= 11 is 0. The number of benzene rings is 2. The number of amides is 2. The second-order valence-corrected chi connectivity index (χ2v) is 10.1. The third-order valence-corrected chi connectivity index (χ3v) is 7.41. The lowest BCUT2D eigenvalue weighted by atomic mass is 9.91. The molecule has 0 N–H and O–H groups in total. The van der Waals surface area contributed by atoms with Gasteiger partial charge < -0.3 is 14.5 Å². The summed E-state index contributed by atoms with van der Waals surface area (Å²) < 4.78 is 5.92. The first kappa shape index (κ1) is 25.3. The van der Waals surface area contributed by atoms with E-state index >= 15 is 0 Å². The number of unbranched alkanes of at least 4 members (excludes halogenated alkanes) is 3. The highest BCUT2D eigenvalue weighted by atomic mass is 16.5. The molecule has 5 heteroatoms. The van der Waals surface area contributed by atoms with Crippen LogP contribution in [0.2, 0.25) is 0 Å². The molecule has 0 spiro atoms. The molecule has 188 valence electrons. The maximum Gasteiger partial charge on any atom is 0.250 e. The normalized spacial score (nSPS) is 19.3. The summed E-state index contributed by atoms with van der Waals surface area (Å²) in [4.78, 5) is 31.0. The van der Waals surface area contributed by atoms with Gasteiger partial charge in [-0.2, -0.15) is 0 Å². The van der Waals surface area contributed by atoms with E-state index in [9.17, 15) is 9.59 Å². The van der Waals surface area contributed by atoms with Crippen LogP contribution in [0.1, 0.15) is 87.4 Å². The van der Waals surface area contributed by atoms with Crippen molar-refractivity contribution in [1.29, 1.82) is 0 Å². The summed E-state index contributed by atoms with van der Waals surface area (Å²) in [6.45, 7) is 5.58. The van der Waals surface area contributed by atoms with Gasteiger partial charge in [0.15, 0.2) is 0 Å². The van der Waals surface area contributed by atoms with Gasteiger partial charge in [-0.05, 0) is 49.4 Å². The van der Waals surface area contributed by atoms with Crippen molar-refractivity contribution in [1.82, 2.24) is 9.80 Å². The van der Waals surface area contributed by atoms with E-state index in [1.807, 2.05) is 41.3 Å². The van der Waals surface area contributed by atoms with Crippen molar-refractivity contribution in [2.75, 3.05) is 13.2 Å². The average molecular weight is 477 g/mol. The molecular weight excluding hydrogens is 436 g/mol. The standard InChI is InChI=1S/C30H40N2O3/c1-3-4-5-9-20-35-27-18-16-25(17-19-27)29-30(34)31(26-10-7-6-8-11-26)22-28(33)32(29)21-24-14-12-23(2)13-15-24/h12-19,26,29H,3-11,20-22H2,1-2H3/t29-/m1/s1.